The van der Waals surface area contributed by atoms with E-state index >= 15 is 0 Å². The van der Waals surface area contributed by atoms with Crippen LogP contribution in [0.2, 0.25) is 0 Å². The lowest BCUT2D eigenvalue weighted by Crippen LogP contribution is -2.28. The van der Waals surface area contributed by atoms with E-state index in [4.69, 9.17) is 4.99 Å². The number of fused-ring (bicyclic) bond motifs is 1. The Morgan fingerprint density at radius 1 is 1.00 bits per heavy atom. The van der Waals surface area contributed by atoms with Gasteiger partial charge in [-0.2, -0.15) is 0 Å². The summed E-state index contributed by atoms with van der Waals surface area (Å²) in [5.74, 6) is 1.61. The molecule has 16 heavy (non-hydrogen) atoms. The van der Waals surface area contributed by atoms with Crippen molar-refractivity contribution in [1.82, 2.24) is 0 Å². The van der Waals surface area contributed by atoms with Crippen molar-refractivity contribution in [3.63, 3.8) is 0 Å². The van der Waals surface area contributed by atoms with Gasteiger partial charge >= 0.3 is 0 Å². The maximum atomic E-state index is 4.71. The fraction of sp³-hybridized carbons (Fsp3) is 0.800. The predicted molar refractivity (Wildman–Crippen MR) is 70.8 cm³/mol. The van der Waals surface area contributed by atoms with Crippen LogP contribution in [0.25, 0.3) is 0 Å². The Morgan fingerprint density at radius 2 is 1.69 bits per heavy atom. The molecule has 0 saturated heterocycles. The van der Waals surface area contributed by atoms with Gasteiger partial charge < -0.3 is 0 Å². The Kier molecular flexibility index (Phi) is 4.20. The lowest BCUT2D eigenvalue weighted by atomic mass is 9.73. The van der Waals surface area contributed by atoms with E-state index in [0.29, 0.717) is 0 Å². The van der Waals surface area contributed by atoms with Gasteiger partial charge in [0.05, 0.1) is 0 Å². The topological polar surface area (TPSA) is 12.4 Å². The smallest absolute Gasteiger partial charge is 0.0262 e. The summed E-state index contributed by atoms with van der Waals surface area (Å²) in [6.45, 7) is 4.55. The molecule has 0 aromatic heterocycles. The Bertz CT molecular complexity index is 258. The number of allylic oxidation sites excluding steroid dienone is 1. The zero-order valence-electron chi connectivity index (χ0n) is 10.8. The molecule has 0 bridgehead atoms. The van der Waals surface area contributed by atoms with E-state index in [0.717, 1.165) is 18.3 Å². The van der Waals surface area contributed by atoms with Crippen molar-refractivity contribution < 1.29 is 0 Å². The van der Waals surface area contributed by atoms with Crippen LogP contribution in [0.3, 0.4) is 0 Å². The molecule has 90 valence electrons. The molecule has 1 saturated carbocycles. The van der Waals surface area contributed by atoms with Crippen LogP contribution in [-0.4, -0.2) is 5.71 Å². The van der Waals surface area contributed by atoms with Crippen LogP contribution in [0.4, 0.5) is 0 Å². The molecular weight excluding hydrogens is 194 g/mol. The highest BCUT2D eigenvalue weighted by molar-refractivity contribution is 5.88. The van der Waals surface area contributed by atoms with E-state index in [1.54, 1.807) is 5.57 Å². The van der Waals surface area contributed by atoms with Crippen LogP contribution in [0.1, 0.15) is 65.2 Å². The molecule has 0 radical (unpaired) electrons. The van der Waals surface area contributed by atoms with Gasteiger partial charge in [-0.1, -0.05) is 39.5 Å². The number of hydrogen-bond donors (Lipinski definition) is 0. The molecule has 1 heterocycles. The predicted octanol–water partition coefficient (Wildman–Crippen LogP) is 4.73. The molecular formula is C15H25N. The van der Waals surface area contributed by atoms with Gasteiger partial charge in [0.25, 0.3) is 0 Å². The Labute approximate surface area is 100 Å². The zero-order chi connectivity index (χ0) is 11.4. The highest BCUT2D eigenvalue weighted by Gasteiger charge is 2.30. The van der Waals surface area contributed by atoms with Crippen LogP contribution in [0.5, 0.6) is 0 Å². The average molecular weight is 219 g/mol. The minimum Gasteiger partial charge on any atom is -0.265 e. The molecule has 1 fully saturated rings. The Balaban J connectivity index is 2.20. The highest BCUT2D eigenvalue weighted by Crippen LogP contribution is 2.38. The van der Waals surface area contributed by atoms with Crippen LogP contribution >= 0.6 is 0 Å². The fourth-order valence-corrected chi connectivity index (χ4v) is 3.39. The average Bonchev–Trinajstić information content (AvgIpc) is 2.28. The fourth-order valence-electron chi connectivity index (χ4n) is 3.39. The lowest BCUT2D eigenvalue weighted by Gasteiger charge is -2.34. The summed E-state index contributed by atoms with van der Waals surface area (Å²) in [5, 5.41) is 0. The first-order valence-corrected chi connectivity index (χ1v) is 7.12. The zero-order valence-corrected chi connectivity index (χ0v) is 10.8. The molecule has 2 unspecified atom stereocenters. The first kappa shape index (κ1) is 11.9. The molecule has 1 heteroatoms. The summed E-state index contributed by atoms with van der Waals surface area (Å²) in [5.41, 5.74) is 3.09. The molecule has 0 aromatic carbocycles. The maximum absolute atomic E-state index is 4.71. The Hall–Kier alpha value is -0.590. The summed E-state index contributed by atoms with van der Waals surface area (Å²) in [6.07, 6.45) is 13.0. The van der Waals surface area contributed by atoms with Gasteiger partial charge in [0.15, 0.2) is 0 Å². The van der Waals surface area contributed by atoms with E-state index in [1.807, 2.05) is 0 Å². The number of hydrogen-bond acceptors (Lipinski definition) is 1. The number of aliphatic imine (C=N–C) groups is 1. The molecule has 1 aliphatic heterocycles. The van der Waals surface area contributed by atoms with Crippen LogP contribution in [-0.2, 0) is 0 Å². The second-order valence-corrected chi connectivity index (χ2v) is 5.24. The second kappa shape index (κ2) is 5.65. The van der Waals surface area contributed by atoms with Crippen molar-refractivity contribution >= 4 is 5.71 Å². The minimum atomic E-state index is 0.783. The summed E-state index contributed by atoms with van der Waals surface area (Å²) < 4.78 is 0. The number of nitrogens with zero attached hydrogens (tertiary/aromatic N) is 1. The summed E-state index contributed by atoms with van der Waals surface area (Å²) in [4.78, 5) is 4.71. The highest BCUT2D eigenvalue weighted by atomic mass is 14.7. The molecule has 1 nitrogen and oxygen atoms in total. The van der Waals surface area contributed by atoms with Crippen molar-refractivity contribution in [2.45, 2.75) is 65.2 Å². The van der Waals surface area contributed by atoms with E-state index in [2.05, 4.69) is 20.0 Å². The molecule has 0 aromatic rings. The molecule has 2 aliphatic rings. The van der Waals surface area contributed by atoms with Crippen LogP contribution in [0.15, 0.2) is 16.8 Å². The largest absolute Gasteiger partial charge is 0.265 e. The van der Waals surface area contributed by atoms with Crippen molar-refractivity contribution in [2.75, 3.05) is 0 Å². The van der Waals surface area contributed by atoms with E-state index < -0.39 is 0 Å². The first-order chi connectivity index (χ1) is 7.86. The van der Waals surface area contributed by atoms with E-state index in [9.17, 15) is 0 Å². The molecule has 1 aliphatic carbocycles. The third kappa shape index (κ3) is 2.39. The van der Waals surface area contributed by atoms with Crippen molar-refractivity contribution in [1.29, 1.82) is 0 Å². The Morgan fingerprint density at radius 3 is 2.31 bits per heavy atom. The summed E-state index contributed by atoms with van der Waals surface area (Å²) in [6, 6.07) is 0. The molecule has 0 amide bonds. The van der Waals surface area contributed by atoms with Crippen molar-refractivity contribution in [2.24, 2.45) is 16.8 Å². The second-order valence-electron chi connectivity index (χ2n) is 5.24. The molecule has 0 N–H and O–H groups in total. The first-order valence-electron chi connectivity index (χ1n) is 7.12. The van der Waals surface area contributed by atoms with Gasteiger partial charge in [-0.25, -0.2) is 0 Å². The lowest BCUT2D eigenvalue weighted by molar-refractivity contribution is 0.352. The summed E-state index contributed by atoms with van der Waals surface area (Å²) in [7, 11) is 0. The van der Waals surface area contributed by atoms with Gasteiger partial charge in [-0.05, 0) is 37.2 Å². The van der Waals surface area contributed by atoms with Crippen molar-refractivity contribution in [3.8, 4) is 0 Å². The van der Waals surface area contributed by atoms with Crippen LogP contribution < -0.4 is 0 Å². The standard InChI is InChI=1S/C15H25N/c1-3-12-11-16-15(4-2)14-10-8-6-5-7-9-13(12)14/h11,13-14H,3-10H2,1-2H3. The van der Waals surface area contributed by atoms with Gasteiger partial charge in [-0.15, -0.1) is 0 Å². The molecule has 2 rings (SSSR count). The van der Waals surface area contributed by atoms with Crippen LogP contribution in [0, 0.1) is 11.8 Å². The quantitative estimate of drug-likeness (QED) is 0.636. The third-order valence-corrected chi connectivity index (χ3v) is 4.34. The minimum absolute atomic E-state index is 0.783. The maximum Gasteiger partial charge on any atom is 0.0262 e. The van der Waals surface area contributed by atoms with Crippen molar-refractivity contribution in [3.05, 3.63) is 11.8 Å². The van der Waals surface area contributed by atoms with Gasteiger partial charge in [0.1, 0.15) is 0 Å². The molecule has 0 spiro atoms. The number of rotatable bonds is 2. The summed E-state index contributed by atoms with van der Waals surface area (Å²) >= 11 is 0. The normalized spacial score (nSPS) is 30.9. The van der Waals surface area contributed by atoms with E-state index in [-0.39, 0.29) is 0 Å². The van der Waals surface area contributed by atoms with E-state index in [1.165, 1.54) is 50.7 Å². The SMILES string of the molecule is CCC1=CN=C(CC)C2CCCCCCC12. The molecule has 2 atom stereocenters. The van der Waals surface area contributed by atoms with Gasteiger partial charge in [0, 0.05) is 17.8 Å². The van der Waals surface area contributed by atoms with Gasteiger partial charge in [0.2, 0.25) is 0 Å². The van der Waals surface area contributed by atoms with Gasteiger partial charge in [-0.3, -0.25) is 4.99 Å². The monoisotopic (exact) mass is 219 g/mol. The third-order valence-electron chi connectivity index (χ3n) is 4.34.